The van der Waals surface area contributed by atoms with E-state index in [1.54, 1.807) is 12.1 Å². The second-order valence-corrected chi connectivity index (χ2v) is 7.80. The molecule has 0 aliphatic heterocycles. The fourth-order valence-corrected chi connectivity index (χ4v) is 4.25. The zero-order valence-corrected chi connectivity index (χ0v) is 13.8. The normalized spacial score (nSPS) is 15.9. The van der Waals surface area contributed by atoms with Crippen LogP contribution in [0, 0.1) is 0 Å². The van der Waals surface area contributed by atoms with Crippen LogP contribution in [0.15, 0.2) is 45.9 Å². The molecule has 2 aromatic rings. The Balaban J connectivity index is 1.99. The van der Waals surface area contributed by atoms with Crippen molar-refractivity contribution in [1.29, 1.82) is 0 Å². The number of hydrogen-bond acceptors (Lipinski definition) is 3. The first kappa shape index (κ1) is 17.3. The maximum atomic E-state index is 13.0. The van der Waals surface area contributed by atoms with E-state index in [1.165, 1.54) is 10.6 Å². The van der Waals surface area contributed by atoms with Gasteiger partial charge in [-0.05, 0) is 43.2 Å². The average molecular weight is 380 g/mol. The summed E-state index contributed by atoms with van der Waals surface area (Å²) >= 11 is 5.56. The molecule has 0 amide bonds. The zero-order valence-electron chi connectivity index (χ0n) is 12.3. The second kappa shape index (κ2) is 6.09. The van der Waals surface area contributed by atoms with Gasteiger partial charge in [-0.1, -0.05) is 11.6 Å². The lowest BCUT2D eigenvalue weighted by molar-refractivity contribution is -0.137. The molecule has 0 saturated heterocycles. The molecule has 4 nitrogen and oxygen atoms in total. The van der Waals surface area contributed by atoms with E-state index in [-0.39, 0.29) is 12.6 Å². The summed E-state index contributed by atoms with van der Waals surface area (Å²) in [6.07, 6.45) is -1.98. The molecule has 1 fully saturated rings. The molecule has 130 valence electrons. The number of nitrogens with zero attached hydrogens (tertiary/aromatic N) is 1. The van der Waals surface area contributed by atoms with E-state index < -0.39 is 31.7 Å². The van der Waals surface area contributed by atoms with E-state index in [4.69, 9.17) is 16.0 Å². The molecule has 1 aliphatic carbocycles. The molecule has 1 saturated carbocycles. The molecule has 0 bridgehead atoms. The van der Waals surface area contributed by atoms with Gasteiger partial charge < -0.3 is 4.42 Å². The Labute approximate surface area is 141 Å². The van der Waals surface area contributed by atoms with Crippen LogP contribution in [-0.2, 0) is 22.7 Å². The van der Waals surface area contributed by atoms with E-state index in [2.05, 4.69) is 0 Å². The third-order valence-electron chi connectivity index (χ3n) is 3.70. The van der Waals surface area contributed by atoms with Gasteiger partial charge in [-0.15, -0.1) is 0 Å². The lowest BCUT2D eigenvalue weighted by atomic mass is 10.2. The molecule has 1 aliphatic rings. The standard InChI is InChI=1S/C15H13ClF3NO3S/c16-14-6-5-12(8-13(14)15(17,18)19)24(21,22)20(10-3-4-10)9-11-2-1-7-23-11/h1-2,5-8,10H,3-4,9H2. The molecule has 1 aromatic heterocycles. The van der Waals surface area contributed by atoms with Crippen molar-refractivity contribution in [3.8, 4) is 0 Å². The Hall–Kier alpha value is -1.51. The Morgan fingerprint density at radius 2 is 1.96 bits per heavy atom. The lowest BCUT2D eigenvalue weighted by Gasteiger charge is -2.21. The number of furan rings is 1. The fourth-order valence-electron chi connectivity index (χ4n) is 2.35. The van der Waals surface area contributed by atoms with E-state index in [9.17, 15) is 21.6 Å². The van der Waals surface area contributed by atoms with Gasteiger partial charge in [-0.3, -0.25) is 0 Å². The van der Waals surface area contributed by atoms with Crippen LogP contribution in [0.5, 0.6) is 0 Å². The van der Waals surface area contributed by atoms with Crippen molar-refractivity contribution < 1.29 is 26.0 Å². The second-order valence-electron chi connectivity index (χ2n) is 5.50. The van der Waals surface area contributed by atoms with E-state index in [1.807, 2.05) is 0 Å². The minimum absolute atomic E-state index is 0.0238. The minimum atomic E-state index is -4.73. The number of sulfonamides is 1. The number of rotatable bonds is 5. The van der Waals surface area contributed by atoms with Crippen LogP contribution in [-0.4, -0.2) is 18.8 Å². The van der Waals surface area contributed by atoms with Crippen molar-refractivity contribution in [1.82, 2.24) is 4.31 Å². The SMILES string of the molecule is O=S(=O)(c1ccc(Cl)c(C(F)(F)F)c1)N(Cc1ccco1)C1CC1. The van der Waals surface area contributed by atoms with Crippen molar-refractivity contribution in [2.45, 2.75) is 36.5 Å². The highest BCUT2D eigenvalue weighted by Crippen LogP contribution is 2.38. The summed E-state index contributed by atoms with van der Waals surface area (Å²) in [6, 6.07) is 5.63. The fraction of sp³-hybridized carbons (Fsp3) is 0.333. The van der Waals surface area contributed by atoms with Gasteiger partial charge in [0.15, 0.2) is 0 Å². The van der Waals surface area contributed by atoms with Gasteiger partial charge >= 0.3 is 6.18 Å². The summed E-state index contributed by atoms with van der Waals surface area (Å²) in [4.78, 5) is -0.433. The molecule has 1 aromatic carbocycles. The van der Waals surface area contributed by atoms with E-state index >= 15 is 0 Å². The molecule has 3 rings (SSSR count). The predicted octanol–water partition coefficient (Wildman–Crippen LogP) is 4.31. The van der Waals surface area contributed by atoms with Crippen molar-refractivity contribution in [2.24, 2.45) is 0 Å². The molecular weight excluding hydrogens is 367 g/mol. The molecule has 0 spiro atoms. The van der Waals surface area contributed by atoms with Gasteiger partial charge in [0.25, 0.3) is 0 Å². The predicted molar refractivity (Wildman–Crippen MR) is 80.9 cm³/mol. The minimum Gasteiger partial charge on any atom is -0.468 e. The van der Waals surface area contributed by atoms with Crippen molar-refractivity contribution in [2.75, 3.05) is 0 Å². The molecule has 0 radical (unpaired) electrons. The van der Waals surface area contributed by atoms with E-state index in [0.717, 1.165) is 12.1 Å². The highest BCUT2D eigenvalue weighted by atomic mass is 35.5. The average Bonchev–Trinajstić information content (AvgIpc) is 3.19. The highest BCUT2D eigenvalue weighted by Gasteiger charge is 2.40. The Morgan fingerprint density at radius 1 is 1.25 bits per heavy atom. The zero-order chi connectivity index (χ0) is 17.5. The molecular formula is C15H13ClF3NO3S. The maximum absolute atomic E-state index is 13.0. The molecule has 1 heterocycles. The van der Waals surface area contributed by atoms with Gasteiger partial charge in [0.2, 0.25) is 10.0 Å². The molecule has 9 heteroatoms. The maximum Gasteiger partial charge on any atom is 0.417 e. The first-order valence-corrected chi connectivity index (χ1v) is 8.92. The van der Waals surface area contributed by atoms with Crippen molar-refractivity contribution in [3.63, 3.8) is 0 Å². The van der Waals surface area contributed by atoms with Crippen molar-refractivity contribution in [3.05, 3.63) is 52.9 Å². The quantitative estimate of drug-likeness (QED) is 0.778. The van der Waals surface area contributed by atoms with Crippen LogP contribution in [0.4, 0.5) is 13.2 Å². The smallest absolute Gasteiger partial charge is 0.417 e. The number of alkyl halides is 3. The summed E-state index contributed by atoms with van der Waals surface area (Å²) in [5.74, 6) is 0.426. The monoisotopic (exact) mass is 379 g/mol. The Morgan fingerprint density at radius 3 is 2.50 bits per heavy atom. The van der Waals surface area contributed by atoms with Crippen LogP contribution in [0.2, 0.25) is 5.02 Å². The third-order valence-corrected chi connectivity index (χ3v) is 5.92. The number of hydrogen-bond donors (Lipinski definition) is 0. The molecule has 0 N–H and O–H groups in total. The summed E-state index contributed by atoms with van der Waals surface area (Å²) in [6.45, 7) is -0.0238. The van der Waals surface area contributed by atoms with Crippen LogP contribution in [0.1, 0.15) is 24.2 Å². The first-order chi connectivity index (χ1) is 11.2. The van der Waals surface area contributed by atoms with Gasteiger partial charge in [0.1, 0.15) is 5.76 Å². The highest BCUT2D eigenvalue weighted by molar-refractivity contribution is 7.89. The largest absolute Gasteiger partial charge is 0.468 e. The molecule has 0 unspecified atom stereocenters. The number of halogens is 4. The lowest BCUT2D eigenvalue weighted by Crippen LogP contribution is -2.32. The summed E-state index contributed by atoms with van der Waals surface area (Å²) in [5, 5.41) is -0.537. The van der Waals surface area contributed by atoms with Gasteiger partial charge in [0, 0.05) is 6.04 Å². The summed E-state index contributed by atoms with van der Waals surface area (Å²) < 4.78 is 70.9. The Bertz CT molecular complexity index is 830. The molecule has 24 heavy (non-hydrogen) atoms. The van der Waals surface area contributed by atoms with Gasteiger partial charge in [-0.25, -0.2) is 8.42 Å². The van der Waals surface area contributed by atoms with Crippen LogP contribution < -0.4 is 0 Å². The van der Waals surface area contributed by atoms with Crippen LogP contribution in [0.25, 0.3) is 0 Å². The van der Waals surface area contributed by atoms with Gasteiger partial charge in [-0.2, -0.15) is 17.5 Å². The first-order valence-electron chi connectivity index (χ1n) is 7.10. The number of benzene rings is 1. The topological polar surface area (TPSA) is 50.5 Å². The van der Waals surface area contributed by atoms with Crippen LogP contribution in [0.3, 0.4) is 0 Å². The summed E-state index contributed by atoms with van der Waals surface area (Å²) in [5.41, 5.74) is -1.17. The van der Waals surface area contributed by atoms with Gasteiger partial charge in [0.05, 0.1) is 28.3 Å². The summed E-state index contributed by atoms with van der Waals surface area (Å²) in [7, 11) is -4.10. The Kier molecular flexibility index (Phi) is 4.39. The molecule has 0 atom stereocenters. The van der Waals surface area contributed by atoms with Crippen LogP contribution >= 0.6 is 11.6 Å². The van der Waals surface area contributed by atoms with E-state index in [0.29, 0.717) is 24.7 Å². The van der Waals surface area contributed by atoms with Crippen molar-refractivity contribution >= 4 is 21.6 Å². The third kappa shape index (κ3) is 3.45.